The minimum Gasteiger partial charge on any atom is -0.384 e. The smallest absolute Gasteiger partial charge is 0.384 e. The minimum atomic E-state index is -4.43. The average molecular weight is 396 g/mol. The molecule has 3 fully saturated rings. The number of anilines is 1. The average Bonchev–Trinajstić information content (AvgIpc) is 3.54. The number of alkyl halides is 3. The van der Waals surface area contributed by atoms with E-state index in [4.69, 9.17) is 4.74 Å². The van der Waals surface area contributed by atoms with E-state index < -0.39 is 23.2 Å². The van der Waals surface area contributed by atoms with Gasteiger partial charge in [0, 0.05) is 18.8 Å². The van der Waals surface area contributed by atoms with Gasteiger partial charge >= 0.3 is 6.18 Å². The molecule has 8 heteroatoms. The first-order valence-electron chi connectivity index (χ1n) is 9.47. The van der Waals surface area contributed by atoms with Crippen molar-refractivity contribution in [2.75, 3.05) is 19.0 Å². The number of ether oxygens (including phenoxy) is 1. The summed E-state index contributed by atoms with van der Waals surface area (Å²) in [5.74, 6) is -0.0213. The van der Waals surface area contributed by atoms with Crippen LogP contribution in [0.25, 0.3) is 0 Å². The van der Waals surface area contributed by atoms with E-state index in [2.05, 4.69) is 5.32 Å². The summed E-state index contributed by atoms with van der Waals surface area (Å²) in [6.07, 6.45) is -1.38. The fraction of sp³-hybridized carbons (Fsp3) is 0.600. The number of fused-ring (bicyclic) bond motifs is 1. The van der Waals surface area contributed by atoms with Gasteiger partial charge in [-0.25, -0.2) is 0 Å². The number of rotatable bonds is 5. The van der Waals surface area contributed by atoms with Crippen LogP contribution in [-0.4, -0.2) is 42.5 Å². The molecule has 0 unspecified atom stereocenters. The van der Waals surface area contributed by atoms with Crippen LogP contribution in [0.4, 0.5) is 18.9 Å². The second kappa shape index (κ2) is 6.47. The van der Waals surface area contributed by atoms with E-state index >= 15 is 0 Å². The van der Waals surface area contributed by atoms with E-state index in [1.54, 1.807) is 12.0 Å². The van der Waals surface area contributed by atoms with Gasteiger partial charge in [-0.2, -0.15) is 13.2 Å². The van der Waals surface area contributed by atoms with Crippen molar-refractivity contribution in [2.45, 2.75) is 50.9 Å². The zero-order valence-electron chi connectivity index (χ0n) is 15.8. The van der Waals surface area contributed by atoms with Crippen molar-refractivity contribution in [3.05, 3.63) is 29.3 Å². The number of carbonyl (C=O) groups is 2. The highest BCUT2D eigenvalue weighted by atomic mass is 19.4. The van der Waals surface area contributed by atoms with Crippen molar-refractivity contribution in [3.63, 3.8) is 0 Å². The lowest BCUT2D eigenvalue weighted by Crippen LogP contribution is -2.49. The molecule has 1 saturated heterocycles. The number of piperidine rings is 1. The van der Waals surface area contributed by atoms with Crippen LogP contribution in [0.2, 0.25) is 0 Å². The van der Waals surface area contributed by atoms with E-state index in [9.17, 15) is 22.8 Å². The molecule has 0 spiro atoms. The number of amides is 2. The third-order valence-corrected chi connectivity index (χ3v) is 6.18. The van der Waals surface area contributed by atoms with Gasteiger partial charge in [0.25, 0.3) is 0 Å². The number of benzene rings is 1. The number of hydrogen-bond donors (Lipinski definition) is 1. The van der Waals surface area contributed by atoms with E-state index in [1.807, 2.05) is 0 Å². The Morgan fingerprint density at radius 3 is 2.57 bits per heavy atom. The molecule has 1 aromatic carbocycles. The van der Waals surface area contributed by atoms with Gasteiger partial charge in [-0.05, 0) is 62.3 Å². The molecular formula is C20H23F3N2O3. The maximum atomic E-state index is 13.1. The van der Waals surface area contributed by atoms with Crippen LogP contribution in [-0.2, 0) is 20.5 Å². The molecule has 2 saturated carbocycles. The van der Waals surface area contributed by atoms with Crippen molar-refractivity contribution in [2.24, 2.45) is 11.3 Å². The topological polar surface area (TPSA) is 58.6 Å². The Morgan fingerprint density at radius 2 is 2.00 bits per heavy atom. The predicted octanol–water partition coefficient (Wildman–Crippen LogP) is 3.37. The Hall–Kier alpha value is -2.09. The number of nitrogens with one attached hydrogen (secondary N) is 1. The molecule has 1 aliphatic heterocycles. The number of aryl methyl sites for hydroxylation is 1. The lowest BCUT2D eigenvalue weighted by atomic mass is 10.0. The Labute approximate surface area is 161 Å². The molecule has 0 bridgehead atoms. The second-order valence-corrected chi connectivity index (χ2v) is 8.26. The van der Waals surface area contributed by atoms with Gasteiger partial charge in [0.05, 0.1) is 17.6 Å². The molecule has 2 aliphatic carbocycles. The van der Waals surface area contributed by atoms with Crippen molar-refractivity contribution < 1.29 is 27.5 Å². The minimum absolute atomic E-state index is 0.0244. The SMILES string of the molecule is COCC1(C(=O)N2[C@@H](C(=O)Nc3ccc(C(F)(F)F)cc3C)C[C@H]3C[C@H]32)CC1. The summed E-state index contributed by atoms with van der Waals surface area (Å²) in [7, 11) is 1.56. The van der Waals surface area contributed by atoms with E-state index in [-0.39, 0.29) is 17.9 Å². The standard InChI is InChI=1S/C20H23F3N2O3/c1-11-7-13(20(21,22)23)3-4-14(11)24-17(26)16-9-12-8-15(12)25(16)18(27)19(5-6-19)10-28-2/h3-4,7,12,15-16H,5-6,8-10H2,1-2H3,(H,24,26)/t12-,15-,16-/m1/s1. The number of nitrogens with zero attached hydrogens (tertiary/aromatic N) is 1. The molecule has 3 aliphatic rings. The first kappa shape index (κ1) is 19.2. The molecule has 1 aromatic rings. The highest BCUT2D eigenvalue weighted by Crippen LogP contribution is 2.54. The van der Waals surface area contributed by atoms with E-state index in [1.165, 1.54) is 13.0 Å². The normalized spacial score (nSPS) is 27.3. The fourth-order valence-electron chi connectivity index (χ4n) is 4.30. The maximum Gasteiger partial charge on any atom is 0.416 e. The zero-order chi connectivity index (χ0) is 20.3. The van der Waals surface area contributed by atoms with Gasteiger partial charge in [-0.15, -0.1) is 0 Å². The quantitative estimate of drug-likeness (QED) is 0.830. The number of hydrogen-bond acceptors (Lipinski definition) is 3. The lowest BCUT2D eigenvalue weighted by molar-refractivity contribution is -0.144. The van der Waals surface area contributed by atoms with Gasteiger partial charge < -0.3 is 15.0 Å². The Balaban J connectivity index is 1.50. The van der Waals surface area contributed by atoms with Crippen molar-refractivity contribution in [1.82, 2.24) is 4.90 Å². The molecule has 3 atom stereocenters. The summed E-state index contributed by atoms with van der Waals surface area (Å²) in [4.78, 5) is 27.7. The summed E-state index contributed by atoms with van der Waals surface area (Å²) in [5.41, 5.74) is -0.585. The van der Waals surface area contributed by atoms with Crippen LogP contribution < -0.4 is 5.32 Å². The summed E-state index contributed by atoms with van der Waals surface area (Å²) in [6, 6.07) is 2.77. The number of methoxy groups -OCH3 is 1. The molecule has 1 heterocycles. The third-order valence-electron chi connectivity index (χ3n) is 6.18. The summed E-state index contributed by atoms with van der Waals surface area (Å²) >= 11 is 0. The van der Waals surface area contributed by atoms with Crippen molar-refractivity contribution >= 4 is 17.5 Å². The van der Waals surface area contributed by atoms with Crippen molar-refractivity contribution in [1.29, 1.82) is 0 Å². The number of carbonyl (C=O) groups excluding carboxylic acids is 2. The maximum absolute atomic E-state index is 13.1. The second-order valence-electron chi connectivity index (χ2n) is 8.26. The zero-order valence-corrected chi connectivity index (χ0v) is 15.8. The summed E-state index contributed by atoms with van der Waals surface area (Å²) in [6.45, 7) is 1.88. The lowest BCUT2D eigenvalue weighted by Gasteiger charge is -2.30. The highest BCUT2D eigenvalue weighted by Gasteiger charge is 2.62. The number of likely N-dealkylation sites (tertiary alicyclic amines) is 1. The number of halogens is 3. The molecule has 0 aromatic heterocycles. The highest BCUT2D eigenvalue weighted by molar-refractivity contribution is 5.99. The molecule has 28 heavy (non-hydrogen) atoms. The summed E-state index contributed by atoms with van der Waals surface area (Å²) < 4.78 is 43.7. The van der Waals surface area contributed by atoms with E-state index in [0.29, 0.717) is 30.2 Å². The predicted molar refractivity (Wildman–Crippen MR) is 95.5 cm³/mol. The van der Waals surface area contributed by atoms with Gasteiger partial charge in [-0.1, -0.05) is 0 Å². The van der Waals surface area contributed by atoms with Crippen LogP contribution in [0.3, 0.4) is 0 Å². The Bertz CT molecular complexity index is 819. The molecule has 152 valence electrons. The molecule has 5 nitrogen and oxygen atoms in total. The Morgan fingerprint density at radius 1 is 1.29 bits per heavy atom. The van der Waals surface area contributed by atoms with Gasteiger partial charge in [0.1, 0.15) is 6.04 Å². The summed E-state index contributed by atoms with van der Waals surface area (Å²) in [5, 5.41) is 2.73. The van der Waals surface area contributed by atoms with Crippen molar-refractivity contribution in [3.8, 4) is 0 Å². The third kappa shape index (κ3) is 3.27. The monoisotopic (exact) mass is 396 g/mol. The molecular weight excluding hydrogens is 373 g/mol. The van der Waals surface area contributed by atoms with Crippen LogP contribution in [0.5, 0.6) is 0 Å². The first-order valence-corrected chi connectivity index (χ1v) is 9.47. The van der Waals surface area contributed by atoms with Gasteiger partial charge in [0.2, 0.25) is 11.8 Å². The van der Waals surface area contributed by atoms with Crippen LogP contribution in [0.15, 0.2) is 18.2 Å². The van der Waals surface area contributed by atoms with Crippen LogP contribution in [0, 0.1) is 18.3 Å². The molecule has 4 rings (SSSR count). The van der Waals surface area contributed by atoms with E-state index in [0.717, 1.165) is 31.4 Å². The molecule has 2 amide bonds. The Kier molecular flexibility index (Phi) is 4.45. The molecule has 1 N–H and O–H groups in total. The first-order chi connectivity index (χ1) is 13.2. The van der Waals surface area contributed by atoms with Crippen LogP contribution >= 0.6 is 0 Å². The van der Waals surface area contributed by atoms with Gasteiger partial charge in [0.15, 0.2) is 0 Å². The largest absolute Gasteiger partial charge is 0.416 e. The van der Waals surface area contributed by atoms with Gasteiger partial charge in [-0.3, -0.25) is 9.59 Å². The fourth-order valence-corrected chi connectivity index (χ4v) is 4.30. The van der Waals surface area contributed by atoms with Crippen LogP contribution in [0.1, 0.15) is 36.8 Å². The molecule has 0 radical (unpaired) electrons.